The van der Waals surface area contributed by atoms with Crippen LogP contribution in [0.1, 0.15) is 50.3 Å². The molecule has 0 spiro atoms. The summed E-state index contributed by atoms with van der Waals surface area (Å²) in [5, 5.41) is 9.79. The zero-order valence-corrected chi connectivity index (χ0v) is 12.1. The van der Waals surface area contributed by atoms with E-state index in [-0.39, 0.29) is 0 Å². The van der Waals surface area contributed by atoms with Crippen molar-refractivity contribution in [1.29, 1.82) is 0 Å². The zero-order valence-electron chi connectivity index (χ0n) is 12.1. The van der Waals surface area contributed by atoms with Crippen LogP contribution in [-0.4, -0.2) is 23.1 Å². The van der Waals surface area contributed by atoms with Crippen molar-refractivity contribution >= 4 is 0 Å². The summed E-state index contributed by atoms with van der Waals surface area (Å²) >= 11 is 0. The molecule has 2 aliphatic rings. The maximum absolute atomic E-state index is 9.79. The number of phenols is 1. The van der Waals surface area contributed by atoms with Gasteiger partial charge in [-0.2, -0.15) is 0 Å². The largest absolute Gasteiger partial charge is 0.508 e. The molecule has 1 fully saturated rings. The fraction of sp³-hybridized carbons (Fsp3) is 0.647. The van der Waals surface area contributed by atoms with Crippen molar-refractivity contribution in [3.8, 4) is 5.75 Å². The summed E-state index contributed by atoms with van der Waals surface area (Å²) < 4.78 is 0. The molecular weight excluding hydrogens is 234 g/mol. The molecule has 0 amide bonds. The van der Waals surface area contributed by atoms with E-state index in [1.165, 1.54) is 49.9 Å². The van der Waals surface area contributed by atoms with Crippen molar-refractivity contribution in [2.24, 2.45) is 11.8 Å². The van der Waals surface area contributed by atoms with Crippen molar-refractivity contribution in [2.75, 3.05) is 13.1 Å². The van der Waals surface area contributed by atoms with Crippen molar-refractivity contribution in [2.45, 2.75) is 45.6 Å². The monoisotopic (exact) mass is 259 g/mol. The predicted molar refractivity (Wildman–Crippen MR) is 78.3 cm³/mol. The molecule has 3 atom stereocenters. The molecule has 2 nitrogen and oxygen atoms in total. The van der Waals surface area contributed by atoms with E-state index in [9.17, 15) is 5.11 Å². The third kappa shape index (κ3) is 2.64. The number of nitrogens with zero attached hydrogens (tertiary/aromatic N) is 1. The van der Waals surface area contributed by atoms with Gasteiger partial charge in [0.2, 0.25) is 0 Å². The molecule has 0 bridgehead atoms. The molecule has 1 aliphatic heterocycles. The molecule has 19 heavy (non-hydrogen) atoms. The van der Waals surface area contributed by atoms with Crippen LogP contribution in [0.4, 0.5) is 0 Å². The van der Waals surface area contributed by atoms with E-state index in [0.717, 1.165) is 11.8 Å². The average Bonchev–Trinajstić information content (AvgIpc) is 2.36. The van der Waals surface area contributed by atoms with Crippen molar-refractivity contribution in [3.63, 3.8) is 0 Å². The number of aryl methyl sites for hydroxylation is 1. The summed E-state index contributed by atoms with van der Waals surface area (Å²) in [4.78, 5) is 2.66. The Morgan fingerprint density at radius 3 is 2.63 bits per heavy atom. The van der Waals surface area contributed by atoms with Crippen LogP contribution in [0.15, 0.2) is 18.2 Å². The maximum Gasteiger partial charge on any atom is 0.115 e. The van der Waals surface area contributed by atoms with Gasteiger partial charge in [0.15, 0.2) is 0 Å². The van der Waals surface area contributed by atoms with Gasteiger partial charge < -0.3 is 5.11 Å². The number of fused-ring (bicyclic) bond motifs is 1. The first-order chi connectivity index (χ1) is 9.13. The zero-order chi connectivity index (χ0) is 13.4. The van der Waals surface area contributed by atoms with Gasteiger partial charge in [0.05, 0.1) is 0 Å². The fourth-order valence-corrected chi connectivity index (χ4v) is 4.11. The first-order valence-electron chi connectivity index (χ1n) is 7.69. The average molecular weight is 259 g/mol. The minimum absolute atomic E-state index is 0.420. The maximum atomic E-state index is 9.79. The quantitative estimate of drug-likeness (QED) is 0.830. The lowest BCUT2D eigenvalue weighted by molar-refractivity contribution is 0.0861. The molecular formula is C17H25NO. The Bertz CT molecular complexity index is 447. The Morgan fingerprint density at radius 2 is 1.89 bits per heavy atom. The minimum Gasteiger partial charge on any atom is -0.508 e. The van der Waals surface area contributed by atoms with Gasteiger partial charge in [-0.1, -0.05) is 19.9 Å². The molecule has 0 aromatic heterocycles. The smallest absolute Gasteiger partial charge is 0.115 e. The van der Waals surface area contributed by atoms with Gasteiger partial charge in [-0.3, -0.25) is 4.90 Å². The van der Waals surface area contributed by atoms with Crippen LogP contribution in [0.25, 0.3) is 0 Å². The van der Waals surface area contributed by atoms with Crippen LogP contribution in [0, 0.1) is 11.8 Å². The molecule has 1 N–H and O–H groups in total. The van der Waals surface area contributed by atoms with Gasteiger partial charge in [0.25, 0.3) is 0 Å². The molecule has 2 heteroatoms. The van der Waals surface area contributed by atoms with Crippen LogP contribution in [0.5, 0.6) is 5.75 Å². The number of benzene rings is 1. The molecule has 3 rings (SSSR count). The summed E-state index contributed by atoms with van der Waals surface area (Å²) in [5.74, 6) is 2.02. The molecule has 104 valence electrons. The van der Waals surface area contributed by atoms with Crippen LogP contribution in [0.2, 0.25) is 0 Å². The molecule has 1 aliphatic carbocycles. The molecule has 1 aromatic carbocycles. The Kier molecular flexibility index (Phi) is 3.53. The third-order valence-corrected chi connectivity index (χ3v) is 4.75. The van der Waals surface area contributed by atoms with Crippen LogP contribution in [-0.2, 0) is 6.42 Å². The minimum atomic E-state index is 0.420. The van der Waals surface area contributed by atoms with E-state index in [1.54, 1.807) is 0 Å². The lowest BCUT2D eigenvalue weighted by Crippen LogP contribution is -2.42. The summed E-state index contributed by atoms with van der Waals surface area (Å²) in [5.41, 5.74) is 2.83. The Morgan fingerprint density at radius 1 is 1.16 bits per heavy atom. The van der Waals surface area contributed by atoms with E-state index in [2.05, 4.69) is 24.8 Å². The second-order valence-electron chi connectivity index (χ2n) is 6.69. The highest BCUT2D eigenvalue weighted by Gasteiger charge is 2.31. The molecule has 0 radical (unpaired) electrons. The lowest BCUT2D eigenvalue weighted by Gasteiger charge is -2.42. The first-order valence-corrected chi connectivity index (χ1v) is 7.69. The highest BCUT2D eigenvalue weighted by atomic mass is 16.3. The van der Waals surface area contributed by atoms with E-state index in [1.807, 2.05) is 12.1 Å². The SMILES string of the molecule is CC1CC(C)CN(C2CCCc3ccc(O)cc32)C1. The van der Waals surface area contributed by atoms with Crippen molar-refractivity contribution < 1.29 is 5.11 Å². The van der Waals surface area contributed by atoms with E-state index < -0.39 is 0 Å². The van der Waals surface area contributed by atoms with Gasteiger partial charge in [-0.15, -0.1) is 0 Å². The number of hydrogen-bond donors (Lipinski definition) is 1. The molecule has 0 saturated carbocycles. The summed E-state index contributed by atoms with van der Waals surface area (Å²) in [7, 11) is 0. The second-order valence-corrected chi connectivity index (χ2v) is 6.69. The van der Waals surface area contributed by atoms with Gasteiger partial charge in [-0.25, -0.2) is 0 Å². The van der Waals surface area contributed by atoms with Crippen LogP contribution >= 0.6 is 0 Å². The lowest BCUT2D eigenvalue weighted by atomic mass is 9.83. The summed E-state index contributed by atoms with van der Waals surface area (Å²) in [6.07, 6.45) is 5.05. The third-order valence-electron chi connectivity index (χ3n) is 4.75. The number of piperidine rings is 1. The predicted octanol–water partition coefficient (Wildman–Crippen LogP) is 3.75. The Balaban J connectivity index is 1.88. The van der Waals surface area contributed by atoms with E-state index >= 15 is 0 Å². The summed E-state index contributed by atoms with van der Waals surface area (Å²) in [6, 6.07) is 6.49. The highest BCUT2D eigenvalue weighted by Crippen LogP contribution is 2.38. The van der Waals surface area contributed by atoms with Gasteiger partial charge in [0.1, 0.15) is 5.75 Å². The first kappa shape index (κ1) is 13.0. The molecule has 1 saturated heterocycles. The van der Waals surface area contributed by atoms with Gasteiger partial charge in [0, 0.05) is 19.1 Å². The number of hydrogen-bond acceptors (Lipinski definition) is 2. The molecule has 1 heterocycles. The van der Waals surface area contributed by atoms with E-state index in [4.69, 9.17) is 0 Å². The normalized spacial score (nSPS) is 32.0. The Hall–Kier alpha value is -1.02. The molecule has 3 unspecified atom stereocenters. The van der Waals surface area contributed by atoms with Crippen molar-refractivity contribution in [1.82, 2.24) is 4.90 Å². The van der Waals surface area contributed by atoms with Crippen LogP contribution < -0.4 is 0 Å². The van der Waals surface area contributed by atoms with Gasteiger partial charge in [-0.05, 0) is 60.8 Å². The van der Waals surface area contributed by atoms with Crippen LogP contribution in [0.3, 0.4) is 0 Å². The summed E-state index contributed by atoms with van der Waals surface area (Å²) in [6.45, 7) is 7.16. The van der Waals surface area contributed by atoms with Gasteiger partial charge >= 0.3 is 0 Å². The number of aromatic hydroxyl groups is 1. The second kappa shape index (κ2) is 5.16. The number of likely N-dealkylation sites (tertiary alicyclic amines) is 1. The Labute approximate surface area is 116 Å². The fourth-order valence-electron chi connectivity index (χ4n) is 4.11. The topological polar surface area (TPSA) is 23.5 Å². The molecule has 1 aromatic rings. The number of phenolic OH excluding ortho intramolecular Hbond substituents is 1. The van der Waals surface area contributed by atoms with Crippen molar-refractivity contribution in [3.05, 3.63) is 29.3 Å². The van der Waals surface area contributed by atoms with E-state index in [0.29, 0.717) is 11.8 Å². The highest BCUT2D eigenvalue weighted by molar-refractivity contribution is 5.38. The number of rotatable bonds is 1. The standard InChI is InChI=1S/C17H25NO/c1-12-8-13(2)11-18(10-12)17-5-3-4-14-6-7-15(19)9-16(14)17/h6-7,9,12-13,17,19H,3-5,8,10-11H2,1-2H3.